The Morgan fingerprint density at radius 1 is 1.19 bits per heavy atom. The Balaban J connectivity index is 1.63. The second-order valence-electron chi connectivity index (χ2n) is 7.41. The molecule has 5 heteroatoms. The smallest absolute Gasteiger partial charge is 0.336 e. The summed E-state index contributed by atoms with van der Waals surface area (Å²) in [5.41, 5.74) is 3.40. The van der Waals surface area contributed by atoms with Crippen LogP contribution in [-0.4, -0.2) is 23.7 Å². The monoisotopic (exact) mass is 385 g/mol. The highest BCUT2D eigenvalue weighted by molar-refractivity contribution is 6.30. The van der Waals surface area contributed by atoms with Gasteiger partial charge in [0.2, 0.25) is 0 Å². The first kappa shape index (κ1) is 18.2. The number of benzene rings is 2. The molecule has 27 heavy (non-hydrogen) atoms. The molecule has 2 aliphatic rings. The molecule has 0 unspecified atom stereocenters. The van der Waals surface area contributed by atoms with Gasteiger partial charge in [0.15, 0.2) is 0 Å². The van der Waals surface area contributed by atoms with Gasteiger partial charge in [0.1, 0.15) is 5.75 Å². The summed E-state index contributed by atoms with van der Waals surface area (Å²) in [6.45, 7) is 1.56. The van der Waals surface area contributed by atoms with Crippen LogP contribution >= 0.6 is 11.6 Å². The van der Waals surface area contributed by atoms with E-state index in [0.29, 0.717) is 17.1 Å². The van der Waals surface area contributed by atoms with Gasteiger partial charge in [0, 0.05) is 29.4 Å². The first-order valence-corrected chi connectivity index (χ1v) is 10.0. The molecule has 1 aliphatic carbocycles. The van der Waals surface area contributed by atoms with Crippen LogP contribution < -0.4 is 9.64 Å². The zero-order valence-electron chi connectivity index (χ0n) is 15.3. The summed E-state index contributed by atoms with van der Waals surface area (Å²) in [6.07, 6.45) is 6.70. The fourth-order valence-electron chi connectivity index (χ4n) is 4.24. The number of ether oxygens (including phenoxy) is 1. The number of halogens is 1. The Labute approximate surface area is 164 Å². The Bertz CT molecular complexity index is 845. The lowest BCUT2D eigenvalue weighted by atomic mass is 9.96. The fourth-order valence-corrected chi connectivity index (χ4v) is 4.44. The van der Waals surface area contributed by atoms with Crippen LogP contribution in [0.5, 0.6) is 5.75 Å². The molecule has 2 aromatic carbocycles. The molecule has 0 spiro atoms. The van der Waals surface area contributed by atoms with E-state index in [2.05, 4.69) is 4.90 Å². The number of carbonyl (C=O) groups is 1. The predicted octanol–water partition coefficient (Wildman–Crippen LogP) is 5.31. The van der Waals surface area contributed by atoms with E-state index in [-0.39, 0.29) is 6.10 Å². The third-order valence-corrected chi connectivity index (χ3v) is 5.79. The van der Waals surface area contributed by atoms with Crippen LogP contribution in [0.2, 0.25) is 5.02 Å². The van der Waals surface area contributed by atoms with Gasteiger partial charge in [0.25, 0.3) is 0 Å². The molecule has 0 atom stereocenters. The first-order chi connectivity index (χ1) is 13.1. The normalized spacial score (nSPS) is 17.0. The average molecular weight is 386 g/mol. The van der Waals surface area contributed by atoms with Crippen molar-refractivity contribution in [3.8, 4) is 5.75 Å². The van der Waals surface area contributed by atoms with Gasteiger partial charge in [-0.05, 0) is 74.4 Å². The molecule has 0 amide bonds. The molecule has 0 aromatic heterocycles. The summed E-state index contributed by atoms with van der Waals surface area (Å²) < 4.78 is 6.27. The van der Waals surface area contributed by atoms with Gasteiger partial charge in [0.05, 0.1) is 11.7 Å². The van der Waals surface area contributed by atoms with E-state index < -0.39 is 5.97 Å². The standard InChI is InChI=1S/C22H24ClNO3/c23-16-10-11-21(27-17-5-1-2-6-17)15(13-16)14-24-12-4-8-18-19(22(25)26)7-3-9-20(18)24/h3,7,9-11,13,17H,1-2,4-6,8,12,14H2,(H,25,26). The first-order valence-electron chi connectivity index (χ1n) is 9.67. The molecular formula is C22H24ClNO3. The van der Waals surface area contributed by atoms with Gasteiger partial charge in [-0.15, -0.1) is 0 Å². The fraction of sp³-hybridized carbons (Fsp3) is 0.409. The zero-order valence-corrected chi connectivity index (χ0v) is 16.0. The molecule has 1 saturated carbocycles. The zero-order chi connectivity index (χ0) is 18.8. The van der Waals surface area contributed by atoms with Crippen molar-refractivity contribution in [3.05, 3.63) is 58.1 Å². The van der Waals surface area contributed by atoms with Crippen molar-refractivity contribution in [1.82, 2.24) is 0 Å². The average Bonchev–Trinajstić information content (AvgIpc) is 3.17. The third kappa shape index (κ3) is 3.91. The van der Waals surface area contributed by atoms with Crippen LogP contribution in [0.4, 0.5) is 5.69 Å². The van der Waals surface area contributed by atoms with Gasteiger partial charge < -0.3 is 14.7 Å². The van der Waals surface area contributed by atoms with Gasteiger partial charge >= 0.3 is 5.97 Å². The molecule has 2 aromatic rings. The van der Waals surface area contributed by atoms with Crippen LogP contribution in [0, 0.1) is 0 Å². The highest BCUT2D eigenvalue weighted by atomic mass is 35.5. The van der Waals surface area contributed by atoms with Crippen LogP contribution in [-0.2, 0) is 13.0 Å². The Hall–Kier alpha value is -2.20. The van der Waals surface area contributed by atoms with Crippen LogP contribution in [0.1, 0.15) is 53.6 Å². The number of anilines is 1. The van der Waals surface area contributed by atoms with Gasteiger partial charge in [-0.1, -0.05) is 17.7 Å². The van der Waals surface area contributed by atoms with Crippen LogP contribution in [0.15, 0.2) is 36.4 Å². The number of hydrogen-bond acceptors (Lipinski definition) is 3. The number of fused-ring (bicyclic) bond motifs is 1. The summed E-state index contributed by atoms with van der Waals surface area (Å²) in [4.78, 5) is 13.8. The molecule has 1 aliphatic heterocycles. The van der Waals surface area contributed by atoms with Gasteiger partial charge in [-0.3, -0.25) is 0 Å². The molecular weight excluding hydrogens is 362 g/mol. The highest BCUT2D eigenvalue weighted by Gasteiger charge is 2.24. The van der Waals surface area contributed by atoms with E-state index in [1.54, 1.807) is 6.07 Å². The topological polar surface area (TPSA) is 49.8 Å². The van der Waals surface area contributed by atoms with Gasteiger partial charge in [-0.2, -0.15) is 0 Å². The van der Waals surface area contributed by atoms with Crippen LogP contribution in [0.3, 0.4) is 0 Å². The summed E-state index contributed by atoms with van der Waals surface area (Å²) in [7, 11) is 0. The lowest BCUT2D eigenvalue weighted by molar-refractivity contribution is 0.0695. The lowest BCUT2D eigenvalue weighted by Crippen LogP contribution is -2.30. The van der Waals surface area contributed by atoms with E-state index in [1.807, 2.05) is 30.3 Å². The SMILES string of the molecule is O=C(O)c1cccc2c1CCCN2Cc1cc(Cl)ccc1OC1CCCC1. The summed E-state index contributed by atoms with van der Waals surface area (Å²) in [5.74, 6) is 0.0366. The van der Waals surface area contributed by atoms with Crippen molar-refractivity contribution in [2.24, 2.45) is 0 Å². The maximum absolute atomic E-state index is 11.6. The Morgan fingerprint density at radius 2 is 2.00 bits per heavy atom. The maximum atomic E-state index is 11.6. The minimum atomic E-state index is -0.860. The molecule has 1 N–H and O–H groups in total. The summed E-state index contributed by atoms with van der Waals surface area (Å²) in [6, 6.07) is 11.4. The van der Waals surface area contributed by atoms with E-state index in [4.69, 9.17) is 16.3 Å². The summed E-state index contributed by atoms with van der Waals surface area (Å²) >= 11 is 6.27. The van der Waals surface area contributed by atoms with Crippen molar-refractivity contribution in [3.63, 3.8) is 0 Å². The second kappa shape index (κ2) is 7.81. The van der Waals surface area contributed by atoms with Crippen LogP contribution in [0.25, 0.3) is 0 Å². The molecule has 4 nitrogen and oxygen atoms in total. The number of hydrogen-bond donors (Lipinski definition) is 1. The van der Waals surface area contributed by atoms with E-state index in [1.165, 1.54) is 12.8 Å². The molecule has 0 bridgehead atoms. The molecule has 142 valence electrons. The van der Waals surface area contributed by atoms with Crippen molar-refractivity contribution in [2.45, 2.75) is 51.2 Å². The minimum absolute atomic E-state index is 0.289. The largest absolute Gasteiger partial charge is 0.490 e. The number of nitrogens with zero attached hydrogens (tertiary/aromatic N) is 1. The number of carboxylic acid groups (broad SMARTS) is 1. The van der Waals surface area contributed by atoms with E-state index >= 15 is 0 Å². The lowest BCUT2D eigenvalue weighted by Gasteiger charge is -2.33. The van der Waals surface area contributed by atoms with Crippen molar-refractivity contribution >= 4 is 23.3 Å². The van der Waals surface area contributed by atoms with Gasteiger partial charge in [-0.25, -0.2) is 4.79 Å². The van der Waals surface area contributed by atoms with Crippen molar-refractivity contribution in [1.29, 1.82) is 0 Å². The number of rotatable bonds is 5. The van der Waals surface area contributed by atoms with E-state index in [0.717, 1.165) is 54.8 Å². The molecule has 4 rings (SSSR count). The minimum Gasteiger partial charge on any atom is -0.490 e. The number of aromatic carboxylic acids is 1. The highest BCUT2D eigenvalue weighted by Crippen LogP contribution is 2.34. The Morgan fingerprint density at radius 3 is 2.78 bits per heavy atom. The van der Waals surface area contributed by atoms with Crippen molar-refractivity contribution in [2.75, 3.05) is 11.4 Å². The molecule has 1 heterocycles. The molecule has 0 radical (unpaired) electrons. The Kier molecular flexibility index (Phi) is 5.26. The molecule has 0 saturated heterocycles. The predicted molar refractivity (Wildman–Crippen MR) is 107 cm³/mol. The summed E-state index contributed by atoms with van der Waals surface area (Å²) in [5, 5.41) is 10.2. The maximum Gasteiger partial charge on any atom is 0.336 e. The quantitative estimate of drug-likeness (QED) is 0.757. The second-order valence-corrected chi connectivity index (χ2v) is 7.85. The molecule has 1 fully saturated rings. The van der Waals surface area contributed by atoms with E-state index in [9.17, 15) is 9.90 Å². The van der Waals surface area contributed by atoms with Crippen molar-refractivity contribution < 1.29 is 14.6 Å². The third-order valence-electron chi connectivity index (χ3n) is 5.56. The number of carboxylic acids is 1.